The second kappa shape index (κ2) is 7.49. The number of nitrogens with two attached hydrogens (primary N) is 1. The molecule has 8 nitrogen and oxygen atoms in total. The van der Waals surface area contributed by atoms with E-state index in [1.54, 1.807) is 10.9 Å². The lowest BCUT2D eigenvalue weighted by Gasteiger charge is -2.23. The van der Waals surface area contributed by atoms with Gasteiger partial charge in [-0.15, -0.1) is 0 Å². The highest BCUT2D eigenvalue weighted by molar-refractivity contribution is 5.86. The van der Waals surface area contributed by atoms with Gasteiger partial charge >= 0.3 is 0 Å². The lowest BCUT2D eigenvalue weighted by atomic mass is 10.0. The van der Waals surface area contributed by atoms with Crippen molar-refractivity contribution in [3.05, 3.63) is 82.0 Å². The fourth-order valence-electron chi connectivity index (χ4n) is 4.17. The van der Waals surface area contributed by atoms with Crippen LogP contribution in [0.5, 0.6) is 0 Å². The molecule has 0 saturated carbocycles. The Hall–Kier alpha value is -4.20. The molecular formula is C24H23N7O. The van der Waals surface area contributed by atoms with Crippen LogP contribution in [0.15, 0.2) is 59.7 Å². The van der Waals surface area contributed by atoms with E-state index in [1.807, 2.05) is 63.2 Å². The largest absolute Gasteiger partial charge is 0.368 e. The zero-order valence-corrected chi connectivity index (χ0v) is 18.0. The highest BCUT2D eigenvalue weighted by Gasteiger charge is 2.20. The van der Waals surface area contributed by atoms with Gasteiger partial charge in [0.25, 0.3) is 5.56 Å². The number of benzene rings is 2. The third kappa shape index (κ3) is 3.17. The summed E-state index contributed by atoms with van der Waals surface area (Å²) in [5.41, 5.74) is 10.6. The normalized spacial score (nSPS) is 12.3. The van der Waals surface area contributed by atoms with E-state index < -0.39 is 0 Å². The van der Waals surface area contributed by atoms with Gasteiger partial charge in [0.1, 0.15) is 5.52 Å². The molecule has 3 heterocycles. The van der Waals surface area contributed by atoms with E-state index in [9.17, 15) is 4.79 Å². The van der Waals surface area contributed by atoms with Crippen molar-refractivity contribution in [1.82, 2.24) is 24.5 Å². The molecule has 32 heavy (non-hydrogen) atoms. The second-order valence-corrected chi connectivity index (χ2v) is 7.93. The van der Waals surface area contributed by atoms with Crippen molar-refractivity contribution in [2.24, 2.45) is 0 Å². The summed E-state index contributed by atoms with van der Waals surface area (Å²) in [5, 5.41) is 5.02. The van der Waals surface area contributed by atoms with Gasteiger partial charge in [-0.3, -0.25) is 9.36 Å². The van der Waals surface area contributed by atoms with Crippen LogP contribution in [0.25, 0.3) is 27.6 Å². The van der Waals surface area contributed by atoms with E-state index >= 15 is 0 Å². The fraction of sp³-hybridized carbons (Fsp3) is 0.167. The molecule has 3 aromatic heterocycles. The molecule has 0 unspecified atom stereocenters. The number of hydrogen-bond donors (Lipinski definition) is 3. The maximum Gasteiger partial charge on any atom is 0.263 e. The Morgan fingerprint density at radius 3 is 2.66 bits per heavy atom. The van der Waals surface area contributed by atoms with Crippen LogP contribution >= 0.6 is 0 Å². The quantitative estimate of drug-likeness (QED) is 0.400. The summed E-state index contributed by atoms with van der Waals surface area (Å²) in [6.45, 7) is 5.96. The lowest BCUT2D eigenvalue weighted by Crippen LogP contribution is -2.26. The number of nitrogen functional groups attached to an aromatic ring is 1. The molecule has 0 aliphatic carbocycles. The summed E-state index contributed by atoms with van der Waals surface area (Å²) < 4.78 is 1.79. The summed E-state index contributed by atoms with van der Waals surface area (Å²) in [7, 11) is 0. The molecule has 4 N–H and O–H groups in total. The summed E-state index contributed by atoms with van der Waals surface area (Å²) in [4.78, 5) is 29.5. The number of nitrogens with one attached hydrogen (secondary N) is 2. The molecular weight excluding hydrogens is 402 g/mol. The number of fused-ring (bicyclic) bond motifs is 2. The van der Waals surface area contributed by atoms with Crippen LogP contribution < -0.4 is 16.6 Å². The van der Waals surface area contributed by atoms with Crippen LogP contribution in [-0.2, 0) is 0 Å². The Morgan fingerprint density at radius 2 is 1.84 bits per heavy atom. The first kappa shape index (κ1) is 19.7. The van der Waals surface area contributed by atoms with Gasteiger partial charge in [-0.1, -0.05) is 36.4 Å². The molecule has 0 saturated heterocycles. The van der Waals surface area contributed by atoms with Crippen molar-refractivity contribution in [2.75, 3.05) is 11.1 Å². The average molecular weight is 425 g/mol. The van der Waals surface area contributed by atoms with Crippen molar-refractivity contribution in [1.29, 1.82) is 0 Å². The fourth-order valence-corrected chi connectivity index (χ4v) is 4.17. The minimum atomic E-state index is -0.270. The Morgan fingerprint density at radius 1 is 1.06 bits per heavy atom. The van der Waals surface area contributed by atoms with Crippen LogP contribution in [0.4, 0.5) is 11.8 Å². The Labute approximate surface area is 184 Å². The number of aryl methyl sites for hydroxylation is 2. The average Bonchev–Trinajstić information content (AvgIpc) is 3.23. The van der Waals surface area contributed by atoms with Crippen molar-refractivity contribution in [3.63, 3.8) is 0 Å². The number of anilines is 2. The molecule has 0 aliphatic heterocycles. The van der Waals surface area contributed by atoms with Crippen LogP contribution in [-0.4, -0.2) is 24.5 Å². The van der Waals surface area contributed by atoms with Crippen molar-refractivity contribution in [2.45, 2.75) is 26.8 Å². The monoisotopic (exact) mass is 425 g/mol. The number of nitrogens with zero attached hydrogens (tertiary/aromatic N) is 4. The van der Waals surface area contributed by atoms with Crippen molar-refractivity contribution >= 4 is 33.7 Å². The summed E-state index contributed by atoms with van der Waals surface area (Å²) in [5.74, 6) is 0.662. The molecule has 8 heteroatoms. The first-order valence-corrected chi connectivity index (χ1v) is 10.4. The second-order valence-electron chi connectivity index (χ2n) is 7.93. The van der Waals surface area contributed by atoms with Crippen LogP contribution in [0.2, 0.25) is 0 Å². The summed E-state index contributed by atoms with van der Waals surface area (Å²) >= 11 is 0. The molecule has 1 atom stereocenters. The van der Waals surface area contributed by atoms with Gasteiger partial charge in [-0.05, 0) is 49.4 Å². The number of aromatic nitrogens is 5. The zero-order chi connectivity index (χ0) is 22.4. The molecule has 0 bridgehead atoms. The number of H-pyrrole nitrogens is 1. The number of pyridine rings is 1. The van der Waals surface area contributed by atoms with Gasteiger partial charge in [0.15, 0.2) is 11.5 Å². The van der Waals surface area contributed by atoms with Gasteiger partial charge in [0.2, 0.25) is 5.95 Å². The molecule has 0 spiro atoms. The van der Waals surface area contributed by atoms with Gasteiger partial charge in [0.05, 0.1) is 23.4 Å². The minimum Gasteiger partial charge on any atom is -0.368 e. The molecule has 2 aromatic carbocycles. The number of hydrogen-bond acceptors (Lipinski definition) is 6. The molecule has 0 aliphatic rings. The molecule has 0 amide bonds. The van der Waals surface area contributed by atoms with E-state index in [1.165, 1.54) is 0 Å². The third-order valence-corrected chi connectivity index (χ3v) is 5.74. The number of aromatic amines is 1. The van der Waals surface area contributed by atoms with E-state index in [-0.39, 0.29) is 17.5 Å². The van der Waals surface area contributed by atoms with Crippen LogP contribution in [0.1, 0.15) is 29.8 Å². The van der Waals surface area contributed by atoms with E-state index in [0.717, 1.165) is 27.9 Å². The molecule has 5 rings (SSSR count). The topological polar surface area (TPSA) is 115 Å². The van der Waals surface area contributed by atoms with Crippen LogP contribution in [0.3, 0.4) is 0 Å². The van der Waals surface area contributed by atoms with Gasteiger partial charge in [-0.25, -0.2) is 4.98 Å². The van der Waals surface area contributed by atoms with E-state index in [4.69, 9.17) is 5.73 Å². The zero-order valence-electron chi connectivity index (χ0n) is 18.0. The SMILES string of the molecule is Cc1ccccc1-n1c([C@@H](C)Nc2nc(N)nc3nc[nH]c23)cc2cccc(C)c2c1=O. The smallest absolute Gasteiger partial charge is 0.263 e. The molecule has 0 fully saturated rings. The molecule has 5 aromatic rings. The third-order valence-electron chi connectivity index (χ3n) is 5.74. The van der Waals surface area contributed by atoms with E-state index in [2.05, 4.69) is 31.3 Å². The Balaban J connectivity index is 1.74. The Kier molecular flexibility index (Phi) is 4.62. The number of imidazole rings is 1. The van der Waals surface area contributed by atoms with Crippen molar-refractivity contribution in [3.8, 4) is 5.69 Å². The van der Waals surface area contributed by atoms with Gasteiger partial charge in [0, 0.05) is 5.69 Å². The predicted molar refractivity (Wildman–Crippen MR) is 127 cm³/mol. The Bertz CT molecular complexity index is 1530. The lowest BCUT2D eigenvalue weighted by molar-refractivity contribution is 0.772. The molecule has 160 valence electrons. The van der Waals surface area contributed by atoms with Gasteiger partial charge in [-0.2, -0.15) is 9.97 Å². The summed E-state index contributed by atoms with van der Waals surface area (Å²) in [6, 6.07) is 15.6. The maximum atomic E-state index is 13.8. The van der Waals surface area contributed by atoms with Crippen molar-refractivity contribution < 1.29 is 0 Å². The first-order valence-electron chi connectivity index (χ1n) is 10.4. The van der Waals surface area contributed by atoms with Crippen LogP contribution in [0, 0.1) is 13.8 Å². The highest BCUT2D eigenvalue weighted by Crippen LogP contribution is 2.28. The molecule has 0 radical (unpaired) electrons. The highest BCUT2D eigenvalue weighted by atomic mass is 16.1. The first-order chi connectivity index (χ1) is 15.4. The maximum absolute atomic E-state index is 13.8. The number of para-hydroxylation sites is 1. The number of rotatable bonds is 4. The van der Waals surface area contributed by atoms with Gasteiger partial charge < -0.3 is 16.0 Å². The standard InChI is InChI=1S/C24H23N7O/c1-13-7-4-5-10-17(13)31-18(11-16-9-6-8-14(2)19(16)23(31)32)15(3)28-22-20-21(27-12-26-20)29-24(25)30-22/h4-12,15H,1-3H3,(H4,25,26,27,28,29,30)/t15-/m1/s1. The minimum absolute atomic E-state index is 0.0487. The van der Waals surface area contributed by atoms with E-state index in [0.29, 0.717) is 22.4 Å². The summed E-state index contributed by atoms with van der Waals surface area (Å²) in [6.07, 6.45) is 1.55. The predicted octanol–water partition coefficient (Wildman–Crippen LogP) is 4.03.